The predicted octanol–water partition coefficient (Wildman–Crippen LogP) is 4.05. The molecule has 3 amide bonds. The number of aromatic hydroxyl groups is 1. The quantitative estimate of drug-likeness (QED) is 0.0198. The molecule has 382 valence electrons. The third kappa shape index (κ3) is 11.9. The number of likely N-dealkylation sites (N-methyl/N-ethyl adjacent to an activating group) is 1. The second kappa shape index (κ2) is 24.9. The maximum atomic E-state index is 15.0. The van der Waals surface area contributed by atoms with Crippen LogP contribution >= 0.6 is 0 Å². The van der Waals surface area contributed by atoms with Gasteiger partial charge in [-0.25, -0.2) is 8.78 Å². The van der Waals surface area contributed by atoms with Gasteiger partial charge in [0.25, 0.3) is 24.2 Å². The van der Waals surface area contributed by atoms with Gasteiger partial charge in [-0.1, -0.05) is 30.7 Å². The van der Waals surface area contributed by atoms with E-state index in [0.717, 1.165) is 23.3 Å². The number of aldehydes is 1. The Labute approximate surface area is 422 Å². The molecule has 20 heteroatoms. The number of halogens is 2. The number of aromatic nitrogens is 2. The fourth-order valence-electron chi connectivity index (χ4n) is 9.50. The topological polar surface area (TPSA) is 222 Å². The summed E-state index contributed by atoms with van der Waals surface area (Å²) >= 11 is 0. The van der Waals surface area contributed by atoms with Gasteiger partial charge >= 0.3 is 6.01 Å². The molecule has 5 heterocycles. The normalized spacial score (nSPS) is 18.1. The van der Waals surface area contributed by atoms with Crippen molar-refractivity contribution in [2.75, 3.05) is 77.4 Å². The van der Waals surface area contributed by atoms with Gasteiger partial charge in [-0.2, -0.15) is 9.97 Å². The summed E-state index contributed by atoms with van der Waals surface area (Å²) in [6.45, 7) is 12.2. The van der Waals surface area contributed by atoms with Crippen LogP contribution in [-0.4, -0.2) is 159 Å². The summed E-state index contributed by atoms with van der Waals surface area (Å²) in [7, 11) is 5.16. The lowest BCUT2D eigenvalue weighted by Crippen LogP contribution is -2.48. The Morgan fingerprint density at radius 1 is 1.11 bits per heavy atom. The lowest BCUT2D eigenvalue weighted by molar-refractivity contribution is -0.124. The van der Waals surface area contributed by atoms with Gasteiger partial charge in [0.05, 0.1) is 52.4 Å². The van der Waals surface area contributed by atoms with Gasteiger partial charge in [0.15, 0.2) is 0 Å². The van der Waals surface area contributed by atoms with Crippen molar-refractivity contribution in [1.29, 1.82) is 0 Å². The van der Waals surface area contributed by atoms with Crippen LogP contribution in [0.4, 0.5) is 20.3 Å². The summed E-state index contributed by atoms with van der Waals surface area (Å²) < 4.78 is 46.6. The standard InChI is InChI=1S/C50H49F2N9O7.C2H7N.CH2O/c1-5-36-41(52)11-8-32-21-35(63)23-38(44(32)36)31(3)56-26-40-42(25-51)57-49(58-45(40)59-17-14-54-15-18-59)68-29-50-13-12-34(60(50)27-30(2)24-50)28-67-20-16-55-33-9-10-37-39(22-33)48(66)61(47(37)65)43(7-6-19-62)46(64)53-4;1-3-2;1-2/h1,8-11,14-15,19,21-23,26,34,43H,2-3,6-7,12-13,16-18,20,24-25,27-29H2,4H3,(H2-,53,55,63,64,65);3H,1-2H3;1H2/p+1. The third-order valence-electron chi connectivity index (χ3n) is 12.7. The first-order chi connectivity index (χ1) is 35.3. The Bertz CT molecular complexity index is 2910. The summed E-state index contributed by atoms with van der Waals surface area (Å²) in [5.74, 6) is 0.334. The number of alkyl halides is 1. The van der Waals surface area contributed by atoms with Crippen molar-refractivity contribution in [3.05, 3.63) is 101 Å². The average molecular weight is 1000 g/mol. The van der Waals surface area contributed by atoms with Crippen LogP contribution in [0.3, 0.4) is 0 Å². The molecular weight excluding hydrogens is 943 g/mol. The second-order valence-electron chi connectivity index (χ2n) is 17.5. The number of phenols is 1. The number of carbonyl (C=O) groups excluding carboxylic acids is 5. The first-order valence-corrected chi connectivity index (χ1v) is 23.4. The molecule has 0 bridgehead atoms. The van der Waals surface area contributed by atoms with Crippen LogP contribution in [0.5, 0.6) is 11.8 Å². The highest BCUT2D eigenvalue weighted by atomic mass is 19.1. The van der Waals surface area contributed by atoms with Gasteiger partial charge in [0.1, 0.15) is 62.9 Å². The van der Waals surface area contributed by atoms with E-state index in [0.29, 0.717) is 79.9 Å². The van der Waals surface area contributed by atoms with Gasteiger partial charge in [0.2, 0.25) is 5.91 Å². The molecular formula is C53H59F2N10O8+. The van der Waals surface area contributed by atoms with Crippen LogP contribution in [0, 0.1) is 18.2 Å². The predicted molar refractivity (Wildman–Crippen MR) is 277 cm³/mol. The first kappa shape index (κ1) is 54.4. The average Bonchev–Trinajstić information content (AvgIpc) is 4.00. The Morgan fingerprint density at radius 3 is 2.55 bits per heavy atom. The number of aliphatic imine (C=N–C) groups is 1. The number of anilines is 2. The zero-order chi connectivity index (χ0) is 52.8. The Balaban J connectivity index is 0.00000168. The van der Waals surface area contributed by atoms with E-state index in [-0.39, 0.29) is 70.9 Å². The van der Waals surface area contributed by atoms with E-state index in [1.165, 1.54) is 37.5 Å². The molecule has 4 aliphatic heterocycles. The van der Waals surface area contributed by atoms with E-state index in [9.17, 15) is 28.7 Å². The molecule has 4 N–H and O–H groups in total. The van der Waals surface area contributed by atoms with E-state index < -0.39 is 41.8 Å². The largest absolute Gasteiger partial charge is 0.508 e. The summed E-state index contributed by atoms with van der Waals surface area (Å²) in [5.41, 5.74) is 2.34. The number of amides is 3. The molecule has 3 atom stereocenters. The number of benzene rings is 3. The van der Waals surface area contributed by atoms with Crippen molar-refractivity contribution in [2.45, 2.75) is 56.4 Å². The summed E-state index contributed by atoms with van der Waals surface area (Å²) in [4.78, 5) is 77.1. The maximum absolute atomic E-state index is 15.0. The van der Waals surface area contributed by atoms with Gasteiger partial charge in [-0.3, -0.25) is 29.2 Å². The number of imide groups is 1. The number of carbonyl (C=O) groups is 5. The Kier molecular flexibility index (Phi) is 18.6. The number of ether oxygens (including phenoxy) is 2. The van der Waals surface area contributed by atoms with Crippen LogP contribution in [0.2, 0.25) is 0 Å². The van der Waals surface area contributed by atoms with E-state index in [2.05, 4.69) is 54.6 Å². The number of terminal acetylenes is 1. The van der Waals surface area contributed by atoms with Crippen LogP contribution in [0.25, 0.3) is 16.5 Å². The summed E-state index contributed by atoms with van der Waals surface area (Å²) in [6, 6.07) is 9.37. The van der Waals surface area contributed by atoms with E-state index in [1.807, 2.05) is 25.8 Å². The highest BCUT2D eigenvalue weighted by Gasteiger charge is 2.51. The smallest absolute Gasteiger partial charge is 0.318 e. The zero-order valence-electron chi connectivity index (χ0n) is 41.1. The van der Waals surface area contributed by atoms with E-state index in [1.54, 1.807) is 30.6 Å². The molecule has 73 heavy (non-hydrogen) atoms. The third-order valence-corrected chi connectivity index (χ3v) is 12.7. The molecule has 18 nitrogen and oxygen atoms in total. The minimum atomic E-state index is -1.10. The number of nitrogens with zero attached hydrogens (tertiary/aromatic N) is 7. The first-order valence-electron chi connectivity index (χ1n) is 23.4. The molecule has 8 rings (SSSR count). The monoisotopic (exact) mass is 1000 g/mol. The van der Waals surface area contributed by atoms with Crippen LogP contribution < -0.4 is 30.3 Å². The fraction of sp³-hybridized carbons (Fsp3) is 0.358. The van der Waals surface area contributed by atoms with Crippen molar-refractivity contribution in [3.8, 4) is 24.1 Å². The molecule has 1 aromatic heterocycles. The highest BCUT2D eigenvalue weighted by Crippen LogP contribution is 2.44. The molecule has 0 saturated carbocycles. The summed E-state index contributed by atoms with van der Waals surface area (Å²) in [6.07, 6.45) is 13.5. The minimum Gasteiger partial charge on any atom is -0.508 e. The van der Waals surface area contributed by atoms with Crippen molar-refractivity contribution < 1.29 is 47.3 Å². The molecule has 4 aliphatic rings. The summed E-state index contributed by atoms with van der Waals surface area (Å²) in [5, 5.41) is 19.8. The lowest BCUT2D eigenvalue weighted by Gasteiger charge is -2.34. The molecule has 3 aromatic carbocycles. The van der Waals surface area contributed by atoms with E-state index >= 15 is 4.39 Å². The molecule has 3 unspecified atom stereocenters. The van der Waals surface area contributed by atoms with Crippen LogP contribution in [-0.2, 0) is 25.8 Å². The zero-order valence-corrected chi connectivity index (χ0v) is 41.1. The van der Waals surface area contributed by atoms with Crippen molar-refractivity contribution >= 4 is 77.4 Å². The number of hydrogen-bond donors (Lipinski definition) is 4. The Morgan fingerprint density at radius 2 is 1.85 bits per heavy atom. The number of hydrogen-bond acceptors (Lipinski definition) is 15. The van der Waals surface area contributed by atoms with Gasteiger partial charge in [-0.05, 0) is 81.6 Å². The van der Waals surface area contributed by atoms with E-state index in [4.69, 9.17) is 25.7 Å². The number of fused-ring (bicyclic) bond motifs is 3. The van der Waals surface area contributed by atoms with Crippen molar-refractivity contribution in [2.24, 2.45) is 4.99 Å². The molecule has 2 fully saturated rings. The molecule has 0 aliphatic carbocycles. The van der Waals surface area contributed by atoms with Gasteiger partial charge in [-0.15, -0.1) is 11.1 Å². The van der Waals surface area contributed by atoms with Gasteiger partial charge < -0.3 is 45.0 Å². The second-order valence-corrected chi connectivity index (χ2v) is 17.5. The fourth-order valence-corrected chi connectivity index (χ4v) is 9.50. The number of nitrogens with one attached hydrogen (secondary N) is 3. The Hall–Kier alpha value is -7.95. The molecule has 4 aromatic rings. The maximum Gasteiger partial charge on any atom is 0.318 e. The molecule has 0 radical (unpaired) electrons. The molecule has 2 saturated heterocycles. The minimum absolute atomic E-state index is 0.00340. The van der Waals surface area contributed by atoms with Crippen LogP contribution in [0.15, 0.2) is 66.2 Å². The van der Waals surface area contributed by atoms with Crippen LogP contribution in [0.1, 0.15) is 75.2 Å². The highest BCUT2D eigenvalue weighted by molar-refractivity contribution is 6.23. The lowest BCUT2D eigenvalue weighted by atomic mass is 9.94. The number of phenolic OH excluding ortho intramolecular Hbond substituents is 1. The molecule has 0 spiro atoms. The number of rotatable bonds is 19. The van der Waals surface area contributed by atoms with Crippen molar-refractivity contribution in [1.82, 2.24) is 35.1 Å². The van der Waals surface area contributed by atoms with Gasteiger partial charge in [0, 0.05) is 55.5 Å². The SMILES string of the molecule is C#Cc1c(F)ccc2cc(O)cc(C(=C)N=Cc3c(CF)nc(OCC45CCC(COCCNc6ccc7c(c6)C(=O)N(C(CCC=O)C(=O)NC)C7=O)N4CC(=C)C5)nc3N3CC=[N+]=CC3)c12.C=O.CNC. The van der Waals surface area contributed by atoms with Crippen molar-refractivity contribution in [3.63, 3.8) is 0 Å².